The number of guanidine groups is 1. The molecule has 0 bridgehead atoms. The first kappa shape index (κ1) is 22.7. The number of benzene rings is 2. The normalized spacial score (nSPS) is 20.8. The monoisotopic (exact) mass is 445 g/mol. The van der Waals surface area contributed by atoms with Crippen LogP contribution in [0.15, 0.2) is 53.5 Å². The molecule has 1 aliphatic heterocycles. The van der Waals surface area contributed by atoms with Crippen LogP contribution in [0, 0.1) is 17.2 Å². The number of para-hydroxylation sites is 1. The maximum atomic E-state index is 13.0. The molecular formula is C26H31N5O2. The summed E-state index contributed by atoms with van der Waals surface area (Å²) in [4.78, 5) is 21.4. The number of aliphatic imine (C=N–C) groups is 1. The van der Waals surface area contributed by atoms with E-state index < -0.39 is 0 Å². The van der Waals surface area contributed by atoms with Gasteiger partial charge in [0.1, 0.15) is 11.5 Å². The van der Waals surface area contributed by atoms with Crippen LogP contribution >= 0.6 is 0 Å². The summed E-state index contributed by atoms with van der Waals surface area (Å²) in [5.74, 6) is 2.18. The van der Waals surface area contributed by atoms with E-state index in [1.165, 1.54) is 0 Å². The first-order valence-electron chi connectivity index (χ1n) is 11.6. The van der Waals surface area contributed by atoms with Gasteiger partial charge in [0.15, 0.2) is 5.96 Å². The Kier molecular flexibility index (Phi) is 6.83. The lowest BCUT2D eigenvalue weighted by Crippen LogP contribution is -2.47. The molecule has 1 amide bonds. The number of hydrogen-bond donors (Lipinski definition) is 1. The number of carbonyl (C=O) groups is 1. The van der Waals surface area contributed by atoms with Crippen molar-refractivity contribution >= 4 is 17.6 Å². The molecule has 0 spiro atoms. The van der Waals surface area contributed by atoms with E-state index in [0.717, 1.165) is 48.4 Å². The van der Waals surface area contributed by atoms with Gasteiger partial charge in [-0.15, -0.1) is 0 Å². The van der Waals surface area contributed by atoms with Gasteiger partial charge in [0.2, 0.25) is 5.91 Å². The van der Waals surface area contributed by atoms with Gasteiger partial charge in [-0.25, -0.2) is 4.99 Å². The second-order valence-electron chi connectivity index (χ2n) is 9.00. The molecule has 1 atom stereocenters. The van der Waals surface area contributed by atoms with Crippen LogP contribution in [0.5, 0.6) is 11.5 Å². The van der Waals surface area contributed by atoms with Crippen molar-refractivity contribution in [3.05, 3.63) is 54.1 Å². The average Bonchev–Trinajstić information content (AvgIpc) is 2.84. The van der Waals surface area contributed by atoms with Crippen LogP contribution in [-0.4, -0.2) is 40.8 Å². The van der Waals surface area contributed by atoms with Gasteiger partial charge in [-0.3, -0.25) is 4.79 Å². The molecule has 7 nitrogen and oxygen atoms in total. The number of hydrogen-bond acceptors (Lipinski definition) is 6. The highest BCUT2D eigenvalue weighted by Crippen LogP contribution is 2.32. The molecule has 7 heteroatoms. The molecule has 33 heavy (non-hydrogen) atoms. The molecule has 4 rings (SSSR count). The quantitative estimate of drug-likeness (QED) is 0.703. The predicted molar refractivity (Wildman–Crippen MR) is 128 cm³/mol. The van der Waals surface area contributed by atoms with Crippen LogP contribution in [0.4, 0.5) is 5.69 Å². The van der Waals surface area contributed by atoms with Crippen molar-refractivity contribution in [2.45, 2.75) is 57.7 Å². The van der Waals surface area contributed by atoms with Crippen LogP contribution < -0.4 is 10.5 Å². The molecular weight excluding hydrogens is 414 g/mol. The maximum absolute atomic E-state index is 13.0. The van der Waals surface area contributed by atoms with Crippen LogP contribution in [0.25, 0.3) is 0 Å². The Morgan fingerprint density at radius 3 is 2.64 bits per heavy atom. The number of nitriles is 1. The molecule has 1 saturated carbocycles. The second-order valence-corrected chi connectivity index (χ2v) is 9.00. The Morgan fingerprint density at radius 1 is 1.21 bits per heavy atom. The molecule has 0 radical (unpaired) electrons. The predicted octanol–water partition coefficient (Wildman–Crippen LogP) is 4.56. The van der Waals surface area contributed by atoms with E-state index in [-0.39, 0.29) is 23.9 Å². The zero-order chi connectivity index (χ0) is 23.4. The number of fused-ring (bicyclic) bond motifs is 1. The Bertz CT molecular complexity index is 1050. The zero-order valence-corrected chi connectivity index (χ0v) is 19.3. The summed E-state index contributed by atoms with van der Waals surface area (Å²) < 4.78 is 5.97. The van der Waals surface area contributed by atoms with Crippen LogP contribution in [0.1, 0.15) is 44.6 Å². The first-order chi connectivity index (χ1) is 15.9. The highest BCUT2D eigenvalue weighted by Gasteiger charge is 2.29. The van der Waals surface area contributed by atoms with E-state index in [2.05, 4.69) is 11.1 Å². The fourth-order valence-corrected chi connectivity index (χ4v) is 4.62. The summed E-state index contributed by atoms with van der Waals surface area (Å²) in [7, 11) is 1.88. The summed E-state index contributed by atoms with van der Waals surface area (Å²) in [6.45, 7) is 2.58. The molecule has 2 N–H and O–H groups in total. The lowest BCUT2D eigenvalue weighted by atomic mass is 9.86. The summed E-state index contributed by atoms with van der Waals surface area (Å²) in [6.07, 6.45) is 3.87. The van der Waals surface area contributed by atoms with Gasteiger partial charge in [0.25, 0.3) is 0 Å². The van der Waals surface area contributed by atoms with Crippen molar-refractivity contribution in [1.29, 1.82) is 5.26 Å². The highest BCUT2D eigenvalue weighted by molar-refractivity contribution is 5.85. The second kappa shape index (κ2) is 9.95. The third-order valence-electron chi connectivity index (χ3n) is 6.72. The minimum absolute atomic E-state index is 0.0917. The number of rotatable bonds is 6. The van der Waals surface area contributed by atoms with Crippen molar-refractivity contribution < 1.29 is 9.53 Å². The van der Waals surface area contributed by atoms with Gasteiger partial charge in [-0.1, -0.05) is 18.2 Å². The Morgan fingerprint density at radius 2 is 1.94 bits per heavy atom. The van der Waals surface area contributed by atoms with Crippen LogP contribution in [0.3, 0.4) is 0 Å². The van der Waals surface area contributed by atoms with Crippen LogP contribution in [-0.2, 0) is 11.3 Å². The molecule has 0 unspecified atom stereocenters. The third-order valence-corrected chi connectivity index (χ3v) is 6.72. The van der Waals surface area contributed by atoms with E-state index in [9.17, 15) is 4.79 Å². The molecule has 0 aromatic heterocycles. The summed E-state index contributed by atoms with van der Waals surface area (Å²) >= 11 is 0. The van der Waals surface area contributed by atoms with Crippen molar-refractivity contribution in [2.24, 2.45) is 16.6 Å². The minimum atomic E-state index is -0.0917. The van der Waals surface area contributed by atoms with Crippen LogP contribution in [0.2, 0.25) is 0 Å². The lowest BCUT2D eigenvalue weighted by Gasteiger charge is -2.36. The molecule has 0 saturated heterocycles. The molecule has 1 heterocycles. The third kappa shape index (κ3) is 5.28. The topological polar surface area (TPSA) is 95.0 Å². The minimum Gasteiger partial charge on any atom is -0.457 e. The van der Waals surface area contributed by atoms with E-state index in [4.69, 9.17) is 15.7 Å². The number of carbonyl (C=O) groups excluding carboxylic acids is 1. The van der Waals surface area contributed by atoms with Crippen molar-refractivity contribution in [3.8, 4) is 17.6 Å². The van der Waals surface area contributed by atoms with Crippen molar-refractivity contribution in [2.75, 3.05) is 7.05 Å². The van der Waals surface area contributed by atoms with Gasteiger partial charge in [-0.05, 0) is 62.9 Å². The number of amides is 1. The maximum Gasteiger partial charge on any atom is 0.224 e. The SMILES string of the molecule is C[C@H](CC(=O)N(C)C1CCC(C#N)CC1)N1Cc2cc(Oc3ccccc3)ccc2N=C1N. The van der Waals surface area contributed by atoms with Gasteiger partial charge >= 0.3 is 0 Å². The average molecular weight is 446 g/mol. The van der Waals surface area contributed by atoms with Gasteiger partial charge in [-0.2, -0.15) is 5.26 Å². The van der Waals surface area contributed by atoms with Crippen molar-refractivity contribution in [1.82, 2.24) is 9.80 Å². The highest BCUT2D eigenvalue weighted by atomic mass is 16.5. The van der Waals surface area contributed by atoms with E-state index in [0.29, 0.717) is 18.9 Å². The molecule has 2 aromatic rings. The van der Waals surface area contributed by atoms with E-state index in [1.807, 2.05) is 72.3 Å². The molecule has 2 aliphatic rings. The fourth-order valence-electron chi connectivity index (χ4n) is 4.62. The Balaban J connectivity index is 1.39. The number of nitrogens with two attached hydrogens (primary N) is 1. The largest absolute Gasteiger partial charge is 0.457 e. The van der Waals surface area contributed by atoms with Gasteiger partial charge in [0, 0.05) is 43.6 Å². The molecule has 2 aromatic carbocycles. The Hall–Kier alpha value is -3.53. The standard InChI is InChI=1S/C26H31N5O2/c1-18(14-25(32)30(2)21-10-8-19(16-27)9-11-21)31-17-20-15-23(12-13-24(20)29-26(31)28)33-22-6-4-3-5-7-22/h3-7,12-13,15,18-19,21H,8-11,14,17H2,1-2H3,(H2,28,29)/t18-,19?,21?/m1/s1. The Labute approximate surface area is 195 Å². The molecule has 172 valence electrons. The molecule has 1 fully saturated rings. The van der Waals surface area contributed by atoms with Gasteiger partial charge in [0.05, 0.1) is 11.8 Å². The van der Waals surface area contributed by atoms with E-state index >= 15 is 0 Å². The zero-order valence-electron chi connectivity index (χ0n) is 19.3. The van der Waals surface area contributed by atoms with E-state index in [1.54, 1.807) is 0 Å². The van der Waals surface area contributed by atoms with Crippen molar-refractivity contribution in [3.63, 3.8) is 0 Å². The summed E-state index contributed by atoms with van der Waals surface area (Å²) in [5.41, 5.74) is 8.11. The lowest BCUT2D eigenvalue weighted by molar-refractivity contribution is -0.133. The first-order valence-corrected chi connectivity index (χ1v) is 11.6. The van der Waals surface area contributed by atoms with Gasteiger partial charge < -0.3 is 20.3 Å². The number of nitrogens with zero attached hydrogens (tertiary/aromatic N) is 4. The summed E-state index contributed by atoms with van der Waals surface area (Å²) in [5, 5.41) is 9.11. The smallest absolute Gasteiger partial charge is 0.224 e. The molecule has 1 aliphatic carbocycles. The fraction of sp³-hybridized carbons (Fsp3) is 0.423. The summed E-state index contributed by atoms with van der Waals surface area (Å²) in [6, 6.07) is 17.9. The number of ether oxygens (including phenoxy) is 1.